The lowest BCUT2D eigenvalue weighted by molar-refractivity contribution is -0.133. The fraction of sp³-hybridized carbons (Fsp3) is 0.857. The Balaban J connectivity index is 1.90. The molecule has 4 N–H and O–H groups in total. The third-order valence-corrected chi connectivity index (χ3v) is 4.78. The van der Waals surface area contributed by atoms with Gasteiger partial charge in [0.15, 0.2) is 5.84 Å². The summed E-state index contributed by atoms with van der Waals surface area (Å²) in [4.78, 5) is 12.3. The van der Waals surface area contributed by atoms with Crippen molar-refractivity contribution in [3.05, 3.63) is 0 Å². The fourth-order valence-corrected chi connectivity index (χ4v) is 3.65. The molecule has 0 aromatic rings. The highest BCUT2D eigenvalue weighted by Gasteiger charge is 2.52. The number of hydrogen-bond donors (Lipinski definition) is 3. The zero-order valence-corrected chi connectivity index (χ0v) is 11.9. The Labute approximate surface area is 114 Å². The molecule has 2 aliphatic rings. The van der Waals surface area contributed by atoms with E-state index in [0.29, 0.717) is 24.7 Å². The molecule has 19 heavy (non-hydrogen) atoms. The molecule has 0 spiro atoms. The summed E-state index contributed by atoms with van der Waals surface area (Å²) in [5.74, 6) is 1.80. The molecule has 2 aliphatic carbocycles. The predicted molar refractivity (Wildman–Crippen MR) is 73.8 cm³/mol. The van der Waals surface area contributed by atoms with E-state index in [0.717, 1.165) is 12.5 Å². The average molecular weight is 267 g/mol. The molecule has 0 heterocycles. The molecule has 2 rings (SSSR count). The lowest BCUT2D eigenvalue weighted by Gasteiger charge is -2.43. The third-order valence-electron chi connectivity index (χ3n) is 4.78. The van der Waals surface area contributed by atoms with Crippen molar-refractivity contribution in [2.75, 3.05) is 6.54 Å². The van der Waals surface area contributed by atoms with E-state index < -0.39 is 5.41 Å². The molecule has 1 amide bonds. The van der Waals surface area contributed by atoms with Crippen LogP contribution < -0.4 is 11.1 Å². The molecule has 5 heteroatoms. The zero-order chi connectivity index (χ0) is 14.0. The Hall–Kier alpha value is -1.26. The number of rotatable bonds is 4. The van der Waals surface area contributed by atoms with Crippen LogP contribution in [-0.2, 0) is 4.79 Å². The van der Waals surface area contributed by atoms with E-state index >= 15 is 0 Å². The molecule has 108 valence electrons. The van der Waals surface area contributed by atoms with Gasteiger partial charge in [0.25, 0.3) is 0 Å². The van der Waals surface area contributed by atoms with Crippen LogP contribution in [-0.4, -0.2) is 23.5 Å². The minimum atomic E-state index is -0.765. The fourth-order valence-electron chi connectivity index (χ4n) is 3.65. The zero-order valence-electron chi connectivity index (χ0n) is 11.9. The second-order valence-electron chi connectivity index (χ2n) is 6.58. The van der Waals surface area contributed by atoms with Crippen LogP contribution in [0.15, 0.2) is 5.16 Å². The van der Waals surface area contributed by atoms with Crippen LogP contribution in [0.5, 0.6) is 0 Å². The van der Waals surface area contributed by atoms with Crippen molar-refractivity contribution in [2.45, 2.75) is 46.0 Å². The van der Waals surface area contributed by atoms with Crippen molar-refractivity contribution in [2.24, 2.45) is 34.1 Å². The highest BCUT2D eigenvalue weighted by atomic mass is 16.4. The molecule has 2 fully saturated rings. The SMILES string of the molecule is CC1CCC(CNC(=O)C2(C(N)=NO)CC(C)C2)C1. The molecule has 0 aliphatic heterocycles. The van der Waals surface area contributed by atoms with Gasteiger partial charge in [-0.25, -0.2) is 0 Å². The summed E-state index contributed by atoms with van der Waals surface area (Å²) in [5, 5.41) is 14.9. The molecular weight excluding hydrogens is 242 g/mol. The van der Waals surface area contributed by atoms with Gasteiger partial charge in [-0.3, -0.25) is 4.79 Å². The van der Waals surface area contributed by atoms with E-state index in [1.807, 2.05) is 0 Å². The summed E-state index contributed by atoms with van der Waals surface area (Å²) in [6, 6.07) is 0. The molecule has 2 unspecified atom stereocenters. The maximum atomic E-state index is 12.3. The standard InChI is InChI=1S/C14H25N3O2/c1-9-3-4-11(5-9)8-16-13(18)14(12(15)17-19)6-10(2)7-14/h9-11,19H,3-8H2,1-2H3,(H2,15,17)(H,16,18). The second kappa shape index (κ2) is 5.39. The number of oxime groups is 1. The van der Waals surface area contributed by atoms with Gasteiger partial charge in [-0.1, -0.05) is 25.4 Å². The van der Waals surface area contributed by atoms with Crippen molar-refractivity contribution in [3.8, 4) is 0 Å². The number of amidine groups is 1. The normalized spacial score (nSPS) is 38.8. The Kier molecular flexibility index (Phi) is 4.02. The average Bonchev–Trinajstić information content (AvgIpc) is 2.76. The van der Waals surface area contributed by atoms with E-state index in [2.05, 4.69) is 24.3 Å². The van der Waals surface area contributed by atoms with Crippen LogP contribution in [0.2, 0.25) is 0 Å². The first-order valence-electron chi connectivity index (χ1n) is 7.24. The summed E-state index contributed by atoms with van der Waals surface area (Å²) in [6.07, 6.45) is 4.98. The van der Waals surface area contributed by atoms with Crippen LogP contribution in [0, 0.1) is 23.2 Å². The Morgan fingerprint density at radius 2 is 2.05 bits per heavy atom. The summed E-state index contributed by atoms with van der Waals surface area (Å²) in [5.41, 5.74) is 4.96. The van der Waals surface area contributed by atoms with Crippen LogP contribution >= 0.6 is 0 Å². The number of amides is 1. The number of carbonyl (C=O) groups excluding carboxylic acids is 1. The van der Waals surface area contributed by atoms with Gasteiger partial charge in [0, 0.05) is 6.54 Å². The molecule has 0 aromatic heterocycles. The number of nitrogens with one attached hydrogen (secondary N) is 1. The first-order valence-corrected chi connectivity index (χ1v) is 7.24. The van der Waals surface area contributed by atoms with E-state index in [-0.39, 0.29) is 11.7 Å². The molecule has 5 nitrogen and oxygen atoms in total. The van der Waals surface area contributed by atoms with Gasteiger partial charge >= 0.3 is 0 Å². The lowest BCUT2D eigenvalue weighted by atomic mass is 9.61. The van der Waals surface area contributed by atoms with Gasteiger partial charge < -0.3 is 16.3 Å². The van der Waals surface area contributed by atoms with Crippen LogP contribution in [0.4, 0.5) is 0 Å². The summed E-state index contributed by atoms with van der Waals surface area (Å²) in [6.45, 7) is 5.06. The maximum absolute atomic E-state index is 12.3. The monoisotopic (exact) mass is 267 g/mol. The molecular formula is C14H25N3O2. The van der Waals surface area contributed by atoms with Crippen molar-refractivity contribution < 1.29 is 10.0 Å². The predicted octanol–water partition coefficient (Wildman–Crippen LogP) is 1.70. The van der Waals surface area contributed by atoms with Gasteiger partial charge in [0.05, 0.1) is 0 Å². The van der Waals surface area contributed by atoms with E-state index in [1.54, 1.807) is 0 Å². The first kappa shape index (κ1) is 14.2. The quantitative estimate of drug-likeness (QED) is 0.313. The molecule has 0 saturated heterocycles. The van der Waals surface area contributed by atoms with Crippen LogP contribution in [0.3, 0.4) is 0 Å². The first-order chi connectivity index (χ1) is 8.98. The topological polar surface area (TPSA) is 87.7 Å². The number of carbonyl (C=O) groups is 1. The number of nitrogens with two attached hydrogens (primary N) is 1. The molecule has 0 radical (unpaired) electrons. The van der Waals surface area contributed by atoms with E-state index in [9.17, 15) is 4.79 Å². The van der Waals surface area contributed by atoms with Gasteiger partial charge in [-0.15, -0.1) is 0 Å². The molecule has 0 aromatic carbocycles. The number of hydrogen-bond acceptors (Lipinski definition) is 3. The third kappa shape index (κ3) is 2.69. The Morgan fingerprint density at radius 1 is 1.37 bits per heavy atom. The summed E-state index contributed by atoms with van der Waals surface area (Å²) >= 11 is 0. The largest absolute Gasteiger partial charge is 0.409 e. The maximum Gasteiger partial charge on any atom is 0.233 e. The van der Waals surface area contributed by atoms with Gasteiger partial charge in [-0.2, -0.15) is 0 Å². The van der Waals surface area contributed by atoms with Gasteiger partial charge in [-0.05, 0) is 43.4 Å². The summed E-state index contributed by atoms with van der Waals surface area (Å²) in [7, 11) is 0. The minimum absolute atomic E-state index is 0.0582. The highest BCUT2D eigenvalue weighted by molar-refractivity contribution is 6.07. The van der Waals surface area contributed by atoms with Crippen LogP contribution in [0.25, 0.3) is 0 Å². The Morgan fingerprint density at radius 3 is 2.53 bits per heavy atom. The van der Waals surface area contributed by atoms with E-state index in [1.165, 1.54) is 19.3 Å². The summed E-state index contributed by atoms with van der Waals surface area (Å²) < 4.78 is 0. The van der Waals surface area contributed by atoms with Crippen molar-refractivity contribution in [1.29, 1.82) is 0 Å². The van der Waals surface area contributed by atoms with Gasteiger partial charge in [0.2, 0.25) is 5.91 Å². The van der Waals surface area contributed by atoms with Crippen molar-refractivity contribution >= 4 is 11.7 Å². The Bertz CT molecular complexity index is 375. The minimum Gasteiger partial charge on any atom is -0.409 e. The molecule has 2 atom stereocenters. The highest BCUT2D eigenvalue weighted by Crippen LogP contribution is 2.46. The van der Waals surface area contributed by atoms with Gasteiger partial charge in [0.1, 0.15) is 5.41 Å². The molecule has 0 bridgehead atoms. The second-order valence-corrected chi connectivity index (χ2v) is 6.58. The lowest BCUT2D eigenvalue weighted by Crippen LogP contribution is -2.57. The van der Waals surface area contributed by atoms with E-state index in [4.69, 9.17) is 10.9 Å². The van der Waals surface area contributed by atoms with Crippen LogP contribution in [0.1, 0.15) is 46.0 Å². The van der Waals surface area contributed by atoms with Crippen molar-refractivity contribution in [1.82, 2.24) is 5.32 Å². The van der Waals surface area contributed by atoms with Crippen molar-refractivity contribution in [3.63, 3.8) is 0 Å². The number of nitrogens with zero attached hydrogens (tertiary/aromatic N) is 1. The molecule has 2 saturated carbocycles. The smallest absolute Gasteiger partial charge is 0.233 e.